The van der Waals surface area contributed by atoms with Crippen molar-refractivity contribution in [3.8, 4) is 11.5 Å². The van der Waals surface area contributed by atoms with Crippen LogP contribution in [0.1, 0.15) is 5.56 Å². The van der Waals surface area contributed by atoms with Gasteiger partial charge >= 0.3 is 0 Å². The number of sulfonamides is 1. The summed E-state index contributed by atoms with van der Waals surface area (Å²) in [4.78, 5) is 7.93. The lowest BCUT2D eigenvalue weighted by atomic mass is 10.3. The van der Waals surface area contributed by atoms with Crippen LogP contribution in [0.3, 0.4) is 0 Å². The predicted molar refractivity (Wildman–Crippen MR) is 95.5 cm³/mol. The van der Waals surface area contributed by atoms with Crippen molar-refractivity contribution in [3.63, 3.8) is 0 Å². The van der Waals surface area contributed by atoms with E-state index in [4.69, 9.17) is 16.3 Å². The zero-order valence-electron chi connectivity index (χ0n) is 13.2. The molecule has 0 saturated carbocycles. The molecular formula is C17H14ClN3O3S. The van der Waals surface area contributed by atoms with Crippen molar-refractivity contribution in [1.82, 2.24) is 9.97 Å². The van der Waals surface area contributed by atoms with Crippen LogP contribution < -0.4 is 9.46 Å². The van der Waals surface area contributed by atoms with E-state index in [1.165, 1.54) is 24.5 Å². The first-order valence-electron chi connectivity index (χ1n) is 7.28. The van der Waals surface area contributed by atoms with E-state index in [9.17, 15) is 8.42 Å². The lowest BCUT2D eigenvalue weighted by Gasteiger charge is -2.09. The fourth-order valence-corrected chi connectivity index (χ4v) is 3.14. The summed E-state index contributed by atoms with van der Waals surface area (Å²) >= 11 is 5.82. The standard InChI is InChI=1S/C17H14ClN3O3S/c1-12-9-15(11-20-17(12)18)25(22,23)21-16-8-7-14(10-19-16)24-13-5-3-2-4-6-13/h2-11H,1H3,(H,19,21). The normalized spacial score (nSPS) is 11.1. The number of anilines is 1. The van der Waals surface area contributed by atoms with Gasteiger partial charge in [0.25, 0.3) is 10.0 Å². The Bertz CT molecular complexity index is 978. The molecule has 6 nitrogen and oxygen atoms in total. The van der Waals surface area contributed by atoms with E-state index >= 15 is 0 Å². The number of aryl methyl sites for hydroxylation is 1. The number of hydrogen-bond donors (Lipinski definition) is 1. The van der Waals surface area contributed by atoms with E-state index < -0.39 is 10.0 Å². The molecular weight excluding hydrogens is 362 g/mol. The Kier molecular flexibility index (Phi) is 4.87. The Morgan fingerprint density at radius 1 is 1.00 bits per heavy atom. The molecule has 0 aliphatic heterocycles. The fourth-order valence-electron chi connectivity index (χ4n) is 2.00. The zero-order chi connectivity index (χ0) is 17.9. The molecule has 0 amide bonds. The smallest absolute Gasteiger partial charge is 0.264 e. The van der Waals surface area contributed by atoms with Crippen molar-refractivity contribution in [3.05, 3.63) is 71.6 Å². The van der Waals surface area contributed by atoms with Crippen LogP contribution in [-0.4, -0.2) is 18.4 Å². The molecule has 0 unspecified atom stereocenters. The third kappa shape index (κ3) is 4.26. The number of pyridine rings is 2. The molecule has 25 heavy (non-hydrogen) atoms. The van der Waals surface area contributed by atoms with E-state index in [2.05, 4.69) is 14.7 Å². The van der Waals surface area contributed by atoms with Gasteiger partial charge in [0, 0.05) is 6.20 Å². The van der Waals surface area contributed by atoms with Crippen molar-refractivity contribution < 1.29 is 13.2 Å². The molecule has 3 rings (SSSR count). The molecule has 0 atom stereocenters. The molecule has 2 heterocycles. The highest BCUT2D eigenvalue weighted by Gasteiger charge is 2.16. The van der Waals surface area contributed by atoms with Gasteiger partial charge < -0.3 is 4.74 Å². The molecule has 128 valence electrons. The highest BCUT2D eigenvalue weighted by Crippen LogP contribution is 2.22. The minimum absolute atomic E-state index is 0.0146. The number of hydrogen-bond acceptors (Lipinski definition) is 5. The molecule has 0 radical (unpaired) electrons. The molecule has 2 aromatic heterocycles. The zero-order valence-corrected chi connectivity index (χ0v) is 14.8. The van der Waals surface area contributed by atoms with Crippen LogP contribution in [-0.2, 0) is 10.0 Å². The number of halogens is 1. The second-order valence-electron chi connectivity index (χ2n) is 5.18. The van der Waals surface area contributed by atoms with E-state index in [1.807, 2.05) is 30.3 Å². The summed E-state index contributed by atoms with van der Waals surface area (Å²) in [5.74, 6) is 1.34. The SMILES string of the molecule is Cc1cc(S(=O)(=O)Nc2ccc(Oc3ccccc3)cn2)cnc1Cl. The first kappa shape index (κ1) is 17.2. The van der Waals surface area contributed by atoms with Crippen LogP contribution >= 0.6 is 11.6 Å². The second-order valence-corrected chi connectivity index (χ2v) is 7.22. The first-order chi connectivity index (χ1) is 11.9. The van der Waals surface area contributed by atoms with Gasteiger partial charge in [-0.2, -0.15) is 0 Å². The van der Waals surface area contributed by atoms with Crippen LogP contribution in [0, 0.1) is 6.92 Å². The van der Waals surface area contributed by atoms with Gasteiger partial charge in [-0.05, 0) is 42.8 Å². The molecule has 1 aromatic carbocycles. The van der Waals surface area contributed by atoms with Gasteiger partial charge in [0.1, 0.15) is 27.4 Å². The van der Waals surface area contributed by atoms with Crippen LogP contribution in [0.2, 0.25) is 5.15 Å². The second kappa shape index (κ2) is 7.08. The van der Waals surface area contributed by atoms with Crippen molar-refractivity contribution in [2.24, 2.45) is 0 Å². The summed E-state index contributed by atoms with van der Waals surface area (Å²) in [6, 6.07) is 13.8. The average molecular weight is 376 g/mol. The van der Waals surface area contributed by atoms with Gasteiger partial charge in [0.15, 0.2) is 0 Å². The van der Waals surface area contributed by atoms with Crippen LogP contribution in [0.25, 0.3) is 0 Å². The molecule has 3 aromatic rings. The van der Waals surface area contributed by atoms with Crippen molar-refractivity contribution >= 4 is 27.4 Å². The molecule has 0 bridgehead atoms. The fraction of sp³-hybridized carbons (Fsp3) is 0.0588. The van der Waals surface area contributed by atoms with E-state index in [-0.39, 0.29) is 15.9 Å². The number of benzene rings is 1. The van der Waals surface area contributed by atoms with Gasteiger partial charge in [-0.25, -0.2) is 18.4 Å². The molecule has 1 N–H and O–H groups in total. The summed E-state index contributed by atoms with van der Waals surface area (Å²) in [7, 11) is -3.80. The summed E-state index contributed by atoms with van der Waals surface area (Å²) in [6.45, 7) is 1.68. The molecule has 0 aliphatic rings. The summed E-state index contributed by atoms with van der Waals surface area (Å²) < 4.78 is 32.8. The molecule has 0 spiro atoms. The third-order valence-electron chi connectivity index (χ3n) is 3.25. The third-order valence-corrected chi connectivity index (χ3v) is 4.97. The van der Waals surface area contributed by atoms with E-state index in [0.717, 1.165) is 0 Å². The first-order valence-corrected chi connectivity index (χ1v) is 9.14. The Balaban J connectivity index is 1.75. The quantitative estimate of drug-likeness (QED) is 0.681. The maximum Gasteiger partial charge on any atom is 0.264 e. The number of nitrogens with one attached hydrogen (secondary N) is 1. The minimum atomic E-state index is -3.80. The molecule has 0 fully saturated rings. The molecule has 0 saturated heterocycles. The molecule has 8 heteroatoms. The van der Waals surface area contributed by atoms with Crippen molar-refractivity contribution in [1.29, 1.82) is 0 Å². The van der Waals surface area contributed by atoms with E-state index in [1.54, 1.807) is 13.0 Å². The van der Waals surface area contributed by atoms with Gasteiger partial charge in [0.05, 0.1) is 6.20 Å². The minimum Gasteiger partial charge on any atom is -0.456 e. The summed E-state index contributed by atoms with van der Waals surface area (Å²) in [5, 5.41) is 0.263. The number of ether oxygens (including phenoxy) is 1. The van der Waals surface area contributed by atoms with Gasteiger partial charge in [-0.15, -0.1) is 0 Å². The Morgan fingerprint density at radius 3 is 2.40 bits per heavy atom. The monoisotopic (exact) mass is 375 g/mol. The molecule has 0 aliphatic carbocycles. The maximum atomic E-state index is 12.4. The van der Waals surface area contributed by atoms with Gasteiger partial charge in [-0.1, -0.05) is 29.8 Å². The Hall–Kier alpha value is -2.64. The van der Waals surface area contributed by atoms with Crippen molar-refractivity contribution in [2.75, 3.05) is 4.72 Å². The highest BCUT2D eigenvalue weighted by molar-refractivity contribution is 7.92. The van der Waals surface area contributed by atoms with Gasteiger partial charge in [0.2, 0.25) is 0 Å². The number of rotatable bonds is 5. The number of para-hydroxylation sites is 1. The van der Waals surface area contributed by atoms with Gasteiger partial charge in [-0.3, -0.25) is 4.72 Å². The Labute approximate surface area is 150 Å². The summed E-state index contributed by atoms with van der Waals surface area (Å²) in [5.41, 5.74) is 0.573. The van der Waals surface area contributed by atoms with E-state index in [0.29, 0.717) is 17.1 Å². The Morgan fingerprint density at radius 2 is 1.76 bits per heavy atom. The highest BCUT2D eigenvalue weighted by atomic mass is 35.5. The largest absolute Gasteiger partial charge is 0.456 e. The van der Waals surface area contributed by atoms with Crippen LogP contribution in [0.15, 0.2) is 65.8 Å². The number of aromatic nitrogens is 2. The topological polar surface area (TPSA) is 81.2 Å². The van der Waals surface area contributed by atoms with Crippen LogP contribution in [0.4, 0.5) is 5.82 Å². The predicted octanol–water partition coefficient (Wildman–Crippen LogP) is 4.03. The average Bonchev–Trinajstić information content (AvgIpc) is 2.60. The lowest BCUT2D eigenvalue weighted by Crippen LogP contribution is -2.14. The number of nitrogens with zero attached hydrogens (tertiary/aromatic N) is 2. The van der Waals surface area contributed by atoms with Crippen molar-refractivity contribution in [2.45, 2.75) is 11.8 Å². The summed E-state index contributed by atoms with van der Waals surface area (Å²) in [6.07, 6.45) is 2.64. The maximum absolute atomic E-state index is 12.4. The van der Waals surface area contributed by atoms with Crippen LogP contribution in [0.5, 0.6) is 11.5 Å². The lowest BCUT2D eigenvalue weighted by molar-refractivity contribution is 0.480.